The van der Waals surface area contributed by atoms with Gasteiger partial charge in [-0.05, 0) is 31.2 Å². The third-order valence-electron chi connectivity index (χ3n) is 2.86. The molecule has 0 aromatic carbocycles. The quantitative estimate of drug-likeness (QED) is 0.750. The molecule has 90 valence electrons. The zero-order valence-electron chi connectivity index (χ0n) is 9.62. The molecule has 0 aliphatic carbocycles. The lowest BCUT2D eigenvalue weighted by atomic mass is 10.2. The number of fused-ring (bicyclic) bond motifs is 1. The molecule has 0 radical (unpaired) electrons. The first-order chi connectivity index (χ1) is 8.66. The van der Waals surface area contributed by atoms with Gasteiger partial charge in [-0.1, -0.05) is 0 Å². The molecule has 5 nitrogen and oxygen atoms in total. The molecule has 0 saturated carbocycles. The number of hydrogen-bond donors (Lipinski definition) is 1. The van der Waals surface area contributed by atoms with E-state index in [0.29, 0.717) is 11.4 Å². The summed E-state index contributed by atoms with van der Waals surface area (Å²) in [4.78, 5) is 15.4. The Morgan fingerprint density at radius 2 is 2.22 bits per heavy atom. The first-order valence-electron chi connectivity index (χ1n) is 5.42. The van der Waals surface area contributed by atoms with Gasteiger partial charge in [-0.15, -0.1) is 0 Å². The number of aromatic carboxylic acids is 1. The van der Waals surface area contributed by atoms with E-state index in [1.807, 2.05) is 13.0 Å². The molecule has 0 aliphatic heterocycles. The first-order valence-corrected chi connectivity index (χ1v) is 5.42. The van der Waals surface area contributed by atoms with Gasteiger partial charge >= 0.3 is 5.97 Å². The molecular formula is C13H10N2O3. The summed E-state index contributed by atoms with van der Waals surface area (Å²) in [5, 5.41) is 8.97. The number of nitrogens with zero attached hydrogens (tertiary/aromatic N) is 2. The van der Waals surface area contributed by atoms with Gasteiger partial charge in [-0.3, -0.25) is 0 Å². The van der Waals surface area contributed by atoms with Crippen LogP contribution in [0, 0.1) is 6.92 Å². The van der Waals surface area contributed by atoms with Crippen molar-refractivity contribution in [1.29, 1.82) is 0 Å². The Morgan fingerprint density at radius 3 is 2.89 bits per heavy atom. The molecule has 0 atom stereocenters. The summed E-state index contributed by atoms with van der Waals surface area (Å²) in [7, 11) is 0. The highest BCUT2D eigenvalue weighted by molar-refractivity contribution is 5.87. The van der Waals surface area contributed by atoms with Gasteiger partial charge in [-0.25, -0.2) is 9.78 Å². The van der Waals surface area contributed by atoms with E-state index >= 15 is 0 Å². The number of imidazole rings is 1. The van der Waals surface area contributed by atoms with Gasteiger partial charge < -0.3 is 13.9 Å². The van der Waals surface area contributed by atoms with Gasteiger partial charge in [0.05, 0.1) is 17.5 Å². The van der Waals surface area contributed by atoms with E-state index in [1.165, 1.54) is 6.07 Å². The molecular weight excluding hydrogens is 232 g/mol. The number of carboxylic acid groups (broad SMARTS) is 1. The fourth-order valence-corrected chi connectivity index (χ4v) is 1.94. The summed E-state index contributed by atoms with van der Waals surface area (Å²) in [6.45, 7) is 1.88. The van der Waals surface area contributed by atoms with Crippen LogP contribution >= 0.6 is 0 Å². The van der Waals surface area contributed by atoms with Crippen molar-refractivity contribution >= 4 is 11.6 Å². The Hall–Kier alpha value is -2.56. The molecule has 0 saturated heterocycles. The van der Waals surface area contributed by atoms with Crippen LogP contribution in [0.2, 0.25) is 0 Å². The van der Waals surface area contributed by atoms with E-state index in [4.69, 9.17) is 9.52 Å². The van der Waals surface area contributed by atoms with Gasteiger partial charge in [0.1, 0.15) is 11.3 Å². The summed E-state index contributed by atoms with van der Waals surface area (Å²) in [5.41, 5.74) is 2.50. The van der Waals surface area contributed by atoms with Crippen molar-refractivity contribution in [1.82, 2.24) is 9.38 Å². The van der Waals surface area contributed by atoms with Crippen molar-refractivity contribution in [3.8, 4) is 11.5 Å². The van der Waals surface area contributed by atoms with Crippen molar-refractivity contribution < 1.29 is 14.3 Å². The molecule has 0 amide bonds. The highest BCUT2D eigenvalue weighted by Gasteiger charge is 2.13. The lowest BCUT2D eigenvalue weighted by Gasteiger charge is -1.98. The average Bonchev–Trinajstić information content (AvgIpc) is 2.97. The standard InChI is InChI=1S/C13H10N2O3/c1-8-12(10-3-2-6-18-10)14-11-5-4-9(13(16)17)7-15(8)11/h2-7H,1H3,(H,16,17). The summed E-state index contributed by atoms with van der Waals surface area (Å²) < 4.78 is 7.07. The second-order valence-corrected chi connectivity index (χ2v) is 3.97. The Balaban J connectivity index is 2.25. The van der Waals surface area contributed by atoms with E-state index in [-0.39, 0.29) is 5.56 Å². The third-order valence-corrected chi connectivity index (χ3v) is 2.86. The zero-order chi connectivity index (χ0) is 12.7. The van der Waals surface area contributed by atoms with Gasteiger partial charge in [0.15, 0.2) is 5.76 Å². The maximum absolute atomic E-state index is 10.9. The largest absolute Gasteiger partial charge is 0.478 e. The van der Waals surface area contributed by atoms with Crippen LogP contribution < -0.4 is 0 Å². The lowest BCUT2D eigenvalue weighted by molar-refractivity contribution is 0.0696. The van der Waals surface area contributed by atoms with E-state index in [9.17, 15) is 4.79 Å². The second kappa shape index (κ2) is 3.73. The average molecular weight is 242 g/mol. The molecule has 0 aliphatic rings. The van der Waals surface area contributed by atoms with E-state index in [2.05, 4.69) is 4.98 Å². The predicted octanol–water partition coefficient (Wildman–Crippen LogP) is 2.60. The van der Waals surface area contributed by atoms with Crippen LogP contribution in [0.15, 0.2) is 41.1 Å². The summed E-state index contributed by atoms with van der Waals surface area (Å²) in [5.74, 6) is -0.280. The van der Waals surface area contributed by atoms with Crippen molar-refractivity contribution in [3.05, 3.63) is 48.0 Å². The number of aromatic nitrogens is 2. The van der Waals surface area contributed by atoms with Crippen molar-refractivity contribution in [3.63, 3.8) is 0 Å². The number of hydrogen-bond acceptors (Lipinski definition) is 3. The maximum atomic E-state index is 10.9. The van der Waals surface area contributed by atoms with Crippen LogP contribution in [0.3, 0.4) is 0 Å². The fourth-order valence-electron chi connectivity index (χ4n) is 1.94. The number of rotatable bonds is 2. The first kappa shape index (κ1) is 10.6. The molecule has 0 bridgehead atoms. The summed E-state index contributed by atoms with van der Waals surface area (Å²) in [6, 6.07) is 6.84. The van der Waals surface area contributed by atoms with Crippen LogP contribution in [0.4, 0.5) is 0 Å². The smallest absolute Gasteiger partial charge is 0.337 e. The van der Waals surface area contributed by atoms with Crippen molar-refractivity contribution in [2.24, 2.45) is 0 Å². The van der Waals surface area contributed by atoms with Crippen LogP contribution in [-0.4, -0.2) is 20.5 Å². The second-order valence-electron chi connectivity index (χ2n) is 3.97. The topological polar surface area (TPSA) is 67.7 Å². The van der Waals surface area contributed by atoms with Gasteiger partial charge in [0.25, 0.3) is 0 Å². The number of carboxylic acids is 1. The molecule has 18 heavy (non-hydrogen) atoms. The molecule has 1 N–H and O–H groups in total. The Labute approximate surface area is 102 Å². The summed E-state index contributed by atoms with van der Waals surface area (Å²) in [6.07, 6.45) is 3.15. The molecule has 3 aromatic rings. The highest BCUT2D eigenvalue weighted by atomic mass is 16.4. The molecule has 3 rings (SSSR count). The number of furan rings is 1. The number of pyridine rings is 1. The van der Waals surface area contributed by atoms with E-state index < -0.39 is 5.97 Å². The van der Waals surface area contributed by atoms with Crippen LogP contribution in [-0.2, 0) is 0 Å². The predicted molar refractivity (Wildman–Crippen MR) is 64.6 cm³/mol. The molecule has 0 fully saturated rings. The van der Waals surface area contributed by atoms with E-state index in [0.717, 1.165) is 11.4 Å². The molecule has 0 spiro atoms. The minimum atomic E-state index is -0.954. The molecule has 3 aromatic heterocycles. The number of carbonyl (C=O) groups is 1. The van der Waals surface area contributed by atoms with Crippen molar-refractivity contribution in [2.45, 2.75) is 6.92 Å². The van der Waals surface area contributed by atoms with Gasteiger partial charge in [-0.2, -0.15) is 0 Å². The number of aryl methyl sites for hydroxylation is 1. The van der Waals surface area contributed by atoms with E-state index in [1.54, 1.807) is 29.0 Å². The third kappa shape index (κ3) is 1.48. The summed E-state index contributed by atoms with van der Waals surface area (Å²) >= 11 is 0. The van der Waals surface area contributed by atoms with Crippen LogP contribution in [0.5, 0.6) is 0 Å². The Morgan fingerprint density at radius 1 is 1.39 bits per heavy atom. The van der Waals surface area contributed by atoms with Gasteiger partial charge in [0.2, 0.25) is 0 Å². The van der Waals surface area contributed by atoms with Crippen LogP contribution in [0.25, 0.3) is 17.1 Å². The monoisotopic (exact) mass is 242 g/mol. The molecule has 3 heterocycles. The zero-order valence-corrected chi connectivity index (χ0v) is 9.62. The normalized spacial score (nSPS) is 10.9. The Bertz CT molecular complexity index is 726. The minimum Gasteiger partial charge on any atom is -0.478 e. The highest BCUT2D eigenvalue weighted by Crippen LogP contribution is 2.24. The lowest BCUT2D eigenvalue weighted by Crippen LogP contribution is -1.99. The molecule has 0 unspecified atom stereocenters. The SMILES string of the molecule is Cc1c(-c2ccco2)nc2ccc(C(=O)O)cn12. The Kier molecular flexibility index (Phi) is 2.19. The maximum Gasteiger partial charge on any atom is 0.337 e. The molecule has 5 heteroatoms. The minimum absolute atomic E-state index is 0.231. The van der Waals surface area contributed by atoms with Crippen LogP contribution in [0.1, 0.15) is 16.1 Å². The van der Waals surface area contributed by atoms with Crippen molar-refractivity contribution in [2.75, 3.05) is 0 Å². The fraction of sp³-hybridized carbons (Fsp3) is 0.0769. The van der Waals surface area contributed by atoms with Gasteiger partial charge in [0, 0.05) is 6.20 Å².